The lowest BCUT2D eigenvalue weighted by molar-refractivity contribution is -0.154. The molecule has 0 aromatic heterocycles. The number of benzene rings is 1. The highest BCUT2D eigenvalue weighted by Crippen LogP contribution is 2.46. The lowest BCUT2D eigenvalue weighted by Gasteiger charge is -2.38. The van der Waals surface area contributed by atoms with Gasteiger partial charge in [-0.15, -0.1) is 0 Å². The van der Waals surface area contributed by atoms with Crippen LogP contribution in [0, 0.1) is 11.3 Å². The maximum Gasteiger partial charge on any atom is 0.309 e. The number of aliphatic carboxylic acids is 1. The van der Waals surface area contributed by atoms with Gasteiger partial charge in [0.15, 0.2) is 0 Å². The van der Waals surface area contributed by atoms with Gasteiger partial charge in [-0.1, -0.05) is 44.4 Å². The smallest absolute Gasteiger partial charge is 0.309 e. The van der Waals surface area contributed by atoms with Crippen molar-refractivity contribution in [3.63, 3.8) is 0 Å². The zero-order valence-electron chi connectivity index (χ0n) is 12.7. The molecule has 3 rings (SSSR count). The van der Waals surface area contributed by atoms with Crippen LogP contribution in [-0.4, -0.2) is 17.2 Å². The first-order chi connectivity index (χ1) is 10.1. The Kier molecular flexibility index (Phi) is 3.92. The summed E-state index contributed by atoms with van der Waals surface area (Å²) in [6.45, 7) is 2.17. The molecule has 1 N–H and O–H groups in total. The lowest BCUT2D eigenvalue weighted by Crippen LogP contribution is -2.40. The molecule has 0 spiro atoms. The predicted octanol–water partition coefficient (Wildman–Crippen LogP) is 4.05. The molecular weight excluding hydrogens is 264 g/mol. The van der Waals surface area contributed by atoms with E-state index in [1.54, 1.807) is 0 Å². The normalized spacial score (nSPS) is 31.5. The van der Waals surface area contributed by atoms with Crippen LogP contribution in [0.1, 0.15) is 51.0 Å². The van der Waals surface area contributed by atoms with E-state index in [1.165, 1.54) is 12.0 Å². The van der Waals surface area contributed by atoms with Gasteiger partial charge in [-0.05, 0) is 30.4 Å². The summed E-state index contributed by atoms with van der Waals surface area (Å²) in [7, 11) is 0. The first-order valence-corrected chi connectivity index (χ1v) is 8.11. The van der Waals surface area contributed by atoms with Crippen LogP contribution < -0.4 is 4.74 Å². The molecule has 3 unspecified atom stereocenters. The molecule has 2 aliphatic rings. The van der Waals surface area contributed by atoms with Crippen molar-refractivity contribution in [3.05, 3.63) is 29.8 Å². The molecule has 1 aromatic rings. The third-order valence-corrected chi connectivity index (χ3v) is 5.31. The molecule has 1 saturated carbocycles. The Morgan fingerprint density at radius 2 is 2.24 bits per heavy atom. The Morgan fingerprint density at radius 3 is 2.95 bits per heavy atom. The van der Waals surface area contributed by atoms with E-state index in [2.05, 4.69) is 13.0 Å². The fourth-order valence-corrected chi connectivity index (χ4v) is 4.10. The Morgan fingerprint density at radius 1 is 1.43 bits per heavy atom. The van der Waals surface area contributed by atoms with Crippen LogP contribution in [0.15, 0.2) is 24.3 Å². The lowest BCUT2D eigenvalue weighted by atomic mass is 9.66. The Balaban J connectivity index is 1.74. The Hall–Kier alpha value is -1.51. The van der Waals surface area contributed by atoms with Crippen molar-refractivity contribution in [1.82, 2.24) is 0 Å². The molecule has 1 fully saturated rings. The quantitative estimate of drug-likeness (QED) is 0.909. The number of ether oxygens (including phenoxy) is 1. The second-order valence-corrected chi connectivity index (χ2v) is 6.71. The maximum absolute atomic E-state index is 11.9. The maximum atomic E-state index is 11.9. The Bertz CT molecular complexity index is 500. The Labute approximate surface area is 126 Å². The number of fused-ring (bicyclic) bond motifs is 1. The van der Waals surface area contributed by atoms with Gasteiger partial charge < -0.3 is 9.84 Å². The average Bonchev–Trinajstić information content (AvgIpc) is 2.89. The summed E-state index contributed by atoms with van der Waals surface area (Å²) < 4.78 is 5.99. The van der Waals surface area contributed by atoms with E-state index in [-0.39, 0.29) is 6.10 Å². The van der Waals surface area contributed by atoms with E-state index in [1.807, 2.05) is 18.2 Å². The third kappa shape index (κ3) is 2.78. The molecule has 1 heterocycles. The van der Waals surface area contributed by atoms with Gasteiger partial charge >= 0.3 is 5.97 Å². The monoisotopic (exact) mass is 288 g/mol. The molecule has 3 atom stereocenters. The summed E-state index contributed by atoms with van der Waals surface area (Å²) in [6, 6.07) is 8.06. The second-order valence-electron chi connectivity index (χ2n) is 6.71. The van der Waals surface area contributed by atoms with Crippen LogP contribution in [0.5, 0.6) is 5.75 Å². The van der Waals surface area contributed by atoms with Crippen molar-refractivity contribution < 1.29 is 14.6 Å². The standard InChI is InChI=1S/C18H24O3/c1-2-13-6-5-9-18(11-13,17(19)20)12-15-10-14-7-3-4-8-16(14)21-15/h3-4,7-8,13,15H,2,5-6,9-12H2,1H3,(H,19,20). The van der Waals surface area contributed by atoms with Crippen LogP contribution >= 0.6 is 0 Å². The van der Waals surface area contributed by atoms with Gasteiger partial charge in [0.1, 0.15) is 11.9 Å². The van der Waals surface area contributed by atoms with Crippen molar-refractivity contribution in [1.29, 1.82) is 0 Å². The summed E-state index contributed by atoms with van der Waals surface area (Å²) in [4.78, 5) is 11.9. The van der Waals surface area contributed by atoms with Crippen molar-refractivity contribution in [3.8, 4) is 5.75 Å². The highest BCUT2D eigenvalue weighted by molar-refractivity contribution is 5.75. The van der Waals surface area contributed by atoms with Crippen molar-refractivity contribution in [2.45, 2.75) is 58.0 Å². The minimum absolute atomic E-state index is 0.0223. The molecule has 3 nitrogen and oxygen atoms in total. The molecule has 114 valence electrons. The number of carboxylic acid groups (broad SMARTS) is 1. The van der Waals surface area contributed by atoms with Crippen LogP contribution in [0.4, 0.5) is 0 Å². The molecule has 0 bridgehead atoms. The first-order valence-electron chi connectivity index (χ1n) is 8.11. The summed E-state index contributed by atoms with van der Waals surface area (Å²) in [5.41, 5.74) is 0.636. The van der Waals surface area contributed by atoms with Crippen LogP contribution in [0.3, 0.4) is 0 Å². The third-order valence-electron chi connectivity index (χ3n) is 5.31. The van der Waals surface area contributed by atoms with Gasteiger partial charge in [0.2, 0.25) is 0 Å². The minimum atomic E-state index is -0.625. The van der Waals surface area contributed by atoms with Crippen LogP contribution in [0.2, 0.25) is 0 Å². The first kappa shape index (κ1) is 14.4. The summed E-state index contributed by atoms with van der Waals surface area (Å²) in [5.74, 6) is 0.865. The zero-order valence-corrected chi connectivity index (χ0v) is 12.7. The fourth-order valence-electron chi connectivity index (χ4n) is 4.10. The van der Waals surface area contributed by atoms with E-state index >= 15 is 0 Å². The van der Waals surface area contributed by atoms with E-state index < -0.39 is 11.4 Å². The average molecular weight is 288 g/mol. The highest BCUT2D eigenvalue weighted by Gasteiger charge is 2.45. The molecule has 1 aromatic carbocycles. The van der Waals surface area contributed by atoms with Crippen LogP contribution in [-0.2, 0) is 11.2 Å². The summed E-state index contributed by atoms with van der Waals surface area (Å²) in [5, 5.41) is 9.82. The SMILES string of the molecule is CCC1CCCC(CC2Cc3ccccc3O2)(C(=O)O)C1. The molecule has 0 radical (unpaired) electrons. The number of carboxylic acids is 1. The van der Waals surface area contributed by atoms with Gasteiger partial charge in [-0.25, -0.2) is 0 Å². The predicted molar refractivity (Wildman–Crippen MR) is 81.5 cm³/mol. The van der Waals surface area contributed by atoms with Crippen molar-refractivity contribution in [2.75, 3.05) is 0 Å². The molecule has 0 amide bonds. The number of para-hydroxylation sites is 1. The second kappa shape index (κ2) is 5.70. The molecule has 21 heavy (non-hydrogen) atoms. The van der Waals surface area contributed by atoms with E-state index in [0.29, 0.717) is 12.3 Å². The summed E-state index contributed by atoms with van der Waals surface area (Å²) in [6.07, 6.45) is 6.43. The summed E-state index contributed by atoms with van der Waals surface area (Å²) >= 11 is 0. The van der Waals surface area contributed by atoms with Crippen molar-refractivity contribution >= 4 is 5.97 Å². The van der Waals surface area contributed by atoms with Gasteiger partial charge in [0.25, 0.3) is 0 Å². The van der Waals surface area contributed by atoms with Crippen molar-refractivity contribution in [2.24, 2.45) is 11.3 Å². The zero-order chi connectivity index (χ0) is 14.9. The molecule has 1 aliphatic heterocycles. The molecular formula is C18H24O3. The number of rotatable bonds is 4. The largest absolute Gasteiger partial charge is 0.490 e. The molecule has 3 heteroatoms. The van der Waals surface area contributed by atoms with Crippen LogP contribution in [0.25, 0.3) is 0 Å². The van der Waals surface area contributed by atoms with Gasteiger partial charge in [0, 0.05) is 12.8 Å². The molecule has 0 saturated heterocycles. The van der Waals surface area contributed by atoms with Gasteiger partial charge in [-0.2, -0.15) is 0 Å². The van der Waals surface area contributed by atoms with E-state index in [9.17, 15) is 9.90 Å². The number of carbonyl (C=O) groups is 1. The van der Waals surface area contributed by atoms with E-state index in [4.69, 9.17) is 4.74 Å². The van der Waals surface area contributed by atoms with Gasteiger partial charge in [-0.3, -0.25) is 4.79 Å². The number of hydrogen-bond donors (Lipinski definition) is 1. The van der Waals surface area contributed by atoms with Gasteiger partial charge in [0.05, 0.1) is 5.41 Å². The molecule has 1 aliphatic carbocycles. The number of hydrogen-bond acceptors (Lipinski definition) is 2. The van der Waals surface area contributed by atoms with E-state index in [0.717, 1.165) is 37.9 Å². The minimum Gasteiger partial charge on any atom is -0.490 e. The fraction of sp³-hybridized carbons (Fsp3) is 0.611. The topological polar surface area (TPSA) is 46.5 Å². The highest BCUT2D eigenvalue weighted by atomic mass is 16.5.